The van der Waals surface area contributed by atoms with Crippen LogP contribution >= 0.6 is 11.6 Å². The number of pyridine rings is 1. The van der Waals surface area contributed by atoms with Crippen LogP contribution in [0.2, 0.25) is 5.15 Å². The van der Waals surface area contributed by atoms with E-state index in [1.54, 1.807) is 18.4 Å². The molecule has 0 spiro atoms. The van der Waals surface area contributed by atoms with Gasteiger partial charge in [0, 0.05) is 25.3 Å². The van der Waals surface area contributed by atoms with Gasteiger partial charge in [-0.1, -0.05) is 24.1 Å². The predicted octanol–water partition coefficient (Wildman–Crippen LogP) is 2.88. The molecule has 11 heteroatoms. The third-order valence-corrected chi connectivity index (χ3v) is 5.62. The first-order chi connectivity index (χ1) is 15.2. The number of nitrogen functional groups attached to an aromatic ring is 1. The maximum atomic E-state index is 6.08. The van der Waals surface area contributed by atoms with E-state index in [9.17, 15) is 0 Å². The van der Waals surface area contributed by atoms with E-state index >= 15 is 0 Å². The fraction of sp³-hybridized carbons (Fsp3) is 0.350. The van der Waals surface area contributed by atoms with Crippen molar-refractivity contribution in [3.05, 3.63) is 47.4 Å². The van der Waals surface area contributed by atoms with E-state index in [-0.39, 0.29) is 5.95 Å². The molecule has 5 heterocycles. The van der Waals surface area contributed by atoms with Crippen molar-refractivity contribution in [3.63, 3.8) is 0 Å². The van der Waals surface area contributed by atoms with E-state index in [1.165, 1.54) is 17.4 Å². The average Bonchev–Trinajstić information content (AvgIpc) is 3.45. The van der Waals surface area contributed by atoms with Crippen LogP contribution in [0.1, 0.15) is 24.8 Å². The molecule has 1 fully saturated rings. The molecule has 31 heavy (non-hydrogen) atoms. The minimum Gasteiger partial charge on any atom is -0.461 e. The van der Waals surface area contributed by atoms with Gasteiger partial charge in [-0.05, 0) is 43.1 Å². The first-order valence-corrected chi connectivity index (χ1v) is 10.6. The van der Waals surface area contributed by atoms with E-state index < -0.39 is 0 Å². The van der Waals surface area contributed by atoms with Crippen molar-refractivity contribution in [3.8, 4) is 11.6 Å². The molecule has 0 amide bonds. The lowest BCUT2D eigenvalue weighted by Gasteiger charge is -2.35. The highest BCUT2D eigenvalue weighted by Crippen LogP contribution is 2.21. The van der Waals surface area contributed by atoms with Gasteiger partial charge in [0.25, 0.3) is 5.78 Å². The number of nitrogens with zero attached hydrogens (tertiary/aromatic N) is 7. The van der Waals surface area contributed by atoms with Crippen molar-refractivity contribution in [2.45, 2.75) is 31.8 Å². The second kappa shape index (κ2) is 8.48. The van der Waals surface area contributed by atoms with Gasteiger partial charge in [-0.3, -0.25) is 4.90 Å². The van der Waals surface area contributed by atoms with E-state index in [0.29, 0.717) is 41.1 Å². The molecule has 1 saturated heterocycles. The fourth-order valence-corrected chi connectivity index (χ4v) is 3.95. The highest BCUT2D eigenvalue weighted by atomic mass is 35.5. The molecule has 3 N–H and O–H groups in total. The summed E-state index contributed by atoms with van der Waals surface area (Å²) in [5.74, 6) is 1.98. The lowest BCUT2D eigenvalue weighted by atomic mass is 10.0. The largest absolute Gasteiger partial charge is 0.461 e. The average molecular weight is 440 g/mol. The third kappa shape index (κ3) is 4.30. The first kappa shape index (κ1) is 19.7. The zero-order valence-corrected chi connectivity index (χ0v) is 17.5. The zero-order valence-electron chi connectivity index (χ0n) is 16.8. The maximum absolute atomic E-state index is 6.08. The molecule has 0 bridgehead atoms. The third-order valence-electron chi connectivity index (χ3n) is 5.39. The van der Waals surface area contributed by atoms with Crippen LogP contribution in [0.3, 0.4) is 0 Å². The molecule has 0 aromatic carbocycles. The van der Waals surface area contributed by atoms with Gasteiger partial charge in [-0.15, -0.1) is 5.10 Å². The quantitative estimate of drug-likeness (QED) is 0.436. The Morgan fingerprint density at radius 3 is 2.94 bits per heavy atom. The summed E-state index contributed by atoms with van der Waals surface area (Å²) in [5, 5.41) is 8.16. The minimum atomic E-state index is 0.213. The predicted molar refractivity (Wildman–Crippen MR) is 116 cm³/mol. The Kier molecular flexibility index (Phi) is 5.39. The highest BCUT2D eigenvalue weighted by Gasteiger charge is 2.23. The molecule has 160 valence electrons. The minimum absolute atomic E-state index is 0.213. The van der Waals surface area contributed by atoms with Crippen LogP contribution < -0.4 is 11.1 Å². The molecule has 1 unspecified atom stereocenters. The second-order valence-electron chi connectivity index (χ2n) is 7.52. The molecule has 4 aromatic rings. The molecule has 1 aliphatic heterocycles. The number of anilines is 2. The monoisotopic (exact) mass is 439 g/mol. The van der Waals surface area contributed by atoms with E-state index in [4.69, 9.17) is 21.8 Å². The number of hydrogen-bond acceptors (Lipinski definition) is 9. The van der Waals surface area contributed by atoms with E-state index in [0.717, 1.165) is 25.1 Å². The van der Waals surface area contributed by atoms with Crippen molar-refractivity contribution >= 4 is 29.3 Å². The zero-order chi connectivity index (χ0) is 21.2. The van der Waals surface area contributed by atoms with E-state index in [2.05, 4.69) is 35.3 Å². The number of likely N-dealkylation sites (tertiary alicyclic amines) is 1. The Morgan fingerprint density at radius 1 is 1.19 bits per heavy atom. The molecule has 1 aliphatic rings. The Hall–Kier alpha value is -3.24. The molecule has 1 atom stereocenters. The van der Waals surface area contributed by atoms with Gasteiger partial charge >= 0.3 is 0 Å². The standard InChI is InChI=1S/C20H22ClN9O/c21-16-7-6-13(10-23-16)12-29-8-2-1-4-14(29)11-24-19-26-18(22)30-20(27-19)25-17(28-30)15-5-3-9-31-15/h3,5-7,9-10,14H,1-2,4,8,11-12H2,(H3,22,24,25,26,27,28). The van der Waals surface area contributed by atoms with Crippen molar-refractivity contribution in [2.75, 3.05) is 24.1 Å². The summed E-state index contributed by atoms with van der Waals surface area (Å²) in [6.07, 6.45) is 6.88. The van der Waals surface area contributed by atoms with Gasteiger partial charge in [-0.25, -0.2) is 4.98 Å². The smallest absolute Gasteiger partial charge is 0.259 e. The van der Waals surface area contributed by atoms with Gasteiger partial charge in [0.15, 0.2) is 5.76 Å². The topological polar surface area (TPSA) is 123 Å². The van der Waals surface area contributed by atoms with Crippen molar-refractivity contribution in [1.29, 1.82) is 0 Å². The molecule has 4 aromatic heterocycles. The summed E-state index contributed by atoms with van der Waals surface area (Å²) >= 11 is 5.91. The molecule has 0 radical (unpaired) electrons. The van der Waals surface area contributed by atoms with Crippen LogP contribution in [-0.4, -0.2) is 53.6 Å². The maximum Gasteiger partial charge on any atom is 0.259 e. The molecule has 0 aliphatic carbocycles. The van der Waals surface area contributed by atoms with Crippen molar-refractivity contribution in [1.82, 2.24) is 34.4 Å². The molecule has 5 rings (SSSR count). The van der Waals surface area contributed by atoms with Gasteiger partial charge < -0.3 is 15.5 Å². The van der Waals surface area contributed by atoms with Gasteiger partial charge in [0.05, 0.1) is 6.26 Å². The number of nitrogens with one attached hydrogen (secondary N) is 1. The first-order valence-electron chi connectivity index (χ1n) is 10.2. The van der Waals surface area contributed by atoms with Gasteiger partial charge in [0.1, 0.15) is 5.15 Å². The lowest BCUT2D eigenvalue weighted by Crippen LogP contribution is -2.43. The van der Waals surface area contributed by atoms with Crippen LogP contribution in [0, 0.1) is 0 Å². The summed E-state index contributed by atoms with van der Waals surface area (Å²) < 4.78 is 6.76. The number of piperidine rings is 1. The summed E-state index contributed by atoms with van der Waals surface area (Å²) in [6.45, 7) is 2.57. The Balaban J connectivity index is 1.30. The molecule has 0 saturated carbocycles. The Morgan fingerprint density at radius 2 is 2.13 bits per heavy atom. The van der Waals surface area contributed by atoms with Crippen LogP contribution in [0.5, 0.6) is 0 Å². The summed E-state index contributed by atoms with van der Waals surface area (Å²) in [5.41, 5.74) is 7.23. The van der Waals surface area contributed by atoms with Crippen LogP contribution in [0.4, 0.5) is 11.9 Å². The van der Waals surface area contributed by atoms with Crippen molar-refractivity contribution < 1.29 is 4.42 Å². The van der Waals surface area contributed by atoms with Crippen molar-refractivity contribution in [2.24, 2.45) is 0 Å². The van der Waals surface area contributed by atoms with Crippen LogP contribution in [-0.2, 0) is 6.54 Å². The summed E-state index contributed by atoms with van der Waals surface area (Å²) in [4.78, 5) is 19.9. The molecular weight excluding hydrogens is 418 g/mol. The van der Waals surface area contributed by atoms with Gasteiger partial charge in [-0.2, -0.15) is 19.5 Å². The number of hydrogen-bond donors (Lipinski definition) is 2. The second-order valence-corrected chi connectivity index (χ2v) is 7.91. The number of nitrogens with two attached hydrogens (primary N) is 1. The van der Waals surface area contributed by atoms with Crippen LogP contribution in [0.25, 0.3) is 17.4 Å². The number of rotatable bonds is 6. The highest BCUT2D eigenvalue weighted by molar-refractivity contribution is 6.29. The molecule has 10 nitrogen and oxygen atoms in total. The summed E-state index contributed by atoms with van der Waals surface area (Å²) in [7, 11) is 0. The Labute approximate surface area is 183 Å². The van der Waals surface area contributed by atoms with Gasteiger partial charge in [0.2, 0.25) is 17.7 Å². The number of fused-ring (bicyclic) bond motifs is 1. The van der Waals surface area contributed by atoms with E-state index in [1.807, 2.05) is 18.3 Å². The summed E-state index contributed by atoms with van der Waals surface area (Å²) in [6, 6.07) is 7.76. The lowest BCUT2D eigenvalue weighted by molar-refractivity contribution is 0.147. The Bertz CT molecular complexity index is 1160. The fourth-order valence-electron chi connectivity index (χ4n) is 3.84. The SMILES string of the molecule is Nc1nc(NCC2CCCCN2Cc2ccc(Cl)nc2)nc2nc(-c3ccco3)nn12. The number of aromatic nitrogens is 6. The normalized spacial score (nSPS) is 17.3. The van der Waals surface area contributed by atoms with Crippen LogP contribution in [0.15, 0.2) is 41.1 Å². The number of halogens is 1. The number of furan rings is 1. The molecular formula is C20H22ClN9O.